The fourth-order valence-corrected chi connectivity index (χ4v) is 2.03. The maximum absolute atomic E-state index is 11.6. The van der Waals surface area contributed by atoms with E-state index in [2.05, 4.69) is 6.42 Å². The normalized spacial score (nSPS) is 22.5. The molecule has 1 aliphatic heterocycles. The molecule has 0 bridgehead atoms. The predicted octanol–water partition coefficient (Wildman–Crippen LogP) is 2.22. The summed E-state index contributed by atoms with van der Waals surface area (Å²) in [5.74, 6) is 0. The summed E-state index contributed by atoms with van der Waals surface area (Å²) in [6.07, 6.45) is 4.47. The van der Waals surface area contributed by atoms with Gasteiger partial charge in [0.1, 0.15) is 5.60 Å². The molecule has 0 aromatic rings. The SMILES string of the molecule is CC(C)(C)OC(=O)N1CC2(C[CH-]C2)C1.[Y]. The molecule has 1 saturated heterocycles. The van der Waals surface area contributed by atoms with Gasteiger partial charge in [-0.05, 0) is 26.2 Å². The van der Waals surface area contributed by atoms with E-state index in [4.69, 9.17) is 4.74 Å². The Kier molecular flexibility index (Phi) is 3.88. The number of carbonyl (C=O) groups excluding carboxylic acids is 1. The van der Waals surface area contributed by atoms with Crippen molar-refractivity contribution in [1.82, 2.24) is 4.90 Å². The second-order valence-electron chi connectivity index (χ2n) is 5.53. The van der Waals surface area contributed by atoms with Gasteiger partial charge in [0.05, 0.1) is 0 Å². The van der Waals surface area contributed by atoms with Gasteiger partial charge in [-0.25, -0.2) is 4.79 Å². The van der Waals surface area contributed by atoms with Gasteiger partial charge < -0.3 is 16.1 Å². The first kappa shape index (κ1) is 13.4. The monoisotopic (exact) mass is 285 g/mol. The van der Waals surface area contributed by atoms with E-state index in [-0.39, 0.29) is 44.4 Å². The average molecular weight is 285 g/mol. The second-order valence-corrected chi connectivity index (χ2v) is 5.53. The Bertz CT molecular complexity index is 248. The van der Waals surface area contributed by atoms with Crippen molar-refractivity contribution in [3.63, 3.8) is 0 Å². The minimum absolute atomic E-state index is 0. The number of carbonyl (C=O) groups is 1. The summed E-state index contributed by atoms with van der Waals surface area (Å²) in [6.45, 7) is 7.48. The van der Waals surface area contributed by atoms with E-state index in [0.29, 0.717) is 5.41 Å². The zero-order chi connectivity index (χ0) is 10.4. The number of rotatable bonds is 0. The minimum atomic E-state index is -0.369. The molecule has 15 heavy (non-hydrogen) atoms. The van der Waals surface area contributed by atoms with Crippen LogP contribution in [0.4, 0.5) is 4.79 Å². The number of amides is 1. The summed E-state index contributed by atoms with van der Waals surface area (Å²) < 4.78 is 5.28. The largest absolute Gasteiger partial charge is 0.444 e. The third-order valence-corrected chi connectivity index (χ3v) is 2.86. The molecule has 83 valence electrons. The van der Waals surface area contributed by atoms with E-state index in [1.807, 2.05) is 20.8 Å². The Morgan fingerprint density at radius 2 is 1.87 bits per heavy atom. The number of likely N-dealkylation sites (tertiary alicyclic amines) is 1. The molecule has 0 aromatic heterocycles. The topological polar surface area (TPSA) is 29.5 Å². The van der Waals surface area contributed by atoms with Crippen molar-refractivity contribution in [1.29, 1.82) is 0 Å². The summed E-state index contributed by atoms with van der Waals surface area (Å²) in [7, 11) is 0. The Morgan fingerprint density at radius 1 is 1.33 bits per heavy atom. The molecular formula is C11H18NO2Y-. The van der Waals surface area contributed by atoms with Crippen LogP contribution in [0.5, 0.6) is 0 Å². The average Bonchev–Trinajstić information content (AvgIpc) is 1.74. The molecule has 2 fully saturated rings. The summed E-state index contributed by atoms with van der Waals surface area (Å²) >= 11 is 0. The molecule has 0 atom stereocenters. The van der Waals surface area contributed by atoms with Crippen LogP contribution in [-0.2, 0) is 37.4 Å². The van der Waals surface area contributed by atoms with E-state index in [1.165, 1.54) is 12.8 Å². The second kappa shape index (κ2) is 4.33. The summed E-state index contributed by atoms with van der Waals surface area (Å²) in [5.41, 5.74) is 0.0719. The molecule has 1 aliphatic carbocycles. The maximum atomic E-state index is 11.6. The zero-order valence-corrected chi connectivity index (χ0v) is 12.6. The fraction of sp³-hybridized carbons (Fsp3) is 0.818. The van der Waals surface area contributed by atoms with Gasteiger partial charge in [-0.15, -0.1) is 0 Å². The predicted molar refractivity (Wildman–Crippen MR) is 53.8 cm³/mol. The van der Waals surface area contributed by atoms with E-state index in [0.717, 1.165) is 13.1 Å². The molecule has 4 heteroatoms. The Hall–Kier alpha value is 0.374. The molecule has 2 aliphatic rings. The third-order valence-electron chi connectivity index (χ3n) is 2.86. The van der Waals surface area contributed by atoms with Crippen LogP contribution in [0.1, 0.15) is 33.6 Å². The van der Waals surface area contributed by atoms with Crippen molar-refractivity contribution in [2.45, 2.75) is 39.2 Å². The van der Waals surface area contributed by atoms with Gasteiger partial charge in [0.2, 0.25) is 0 Å². The van der Waals surface area contributed by atoms with Gasteiger partial charge in [-0.2, -0.15) is 12.8 Å². The molecule has 0 aromatic carbocycles. The van der Waals surface area contributed by atoms with E-state index in [9.17, 15) is 4.79 Å². The maximum Gasteiger partial charge on any atom is 0.410 e. The first-order valence-corrected chi connectivity index (χ1v) is 5.20. The summed E-state index contributed by atoms with van der Waals surface area (Å²) in [4.78, 5) is 13.4. The van der Waals surface area contributed by atoms with Gasteiger partial charge in [0.25, 0.3) is 0 Å². The third kappa shape index (κ3) is 2.94. The Labute approximate surface area is 117 Å². The summed E-state index contributed by atoms with van der Waals surface area (Å²) in [6, 6.07) is 0. The molecule has 1 amide bonds. The van der Waals surface area contributed by atoms with Gasteiger partial charge in [0.15, 0.2) is 0 Å². The van der Waals surface area contributed by atoms with Crippen LogP contribution in [0.25, 0.3) is 0 Å². The van der Waals surface area contributed by atoms with Crippen molar-refractivity contribution in [2.75, 3.05) is 13.1 Å². The van der Waals surface area contributed by atoms with Gasteiger partial charge in [0, 0.05) is 45.8 Å². The van der Waals surface area contributed by atoms with Crippen molar-refractivity contribution < 1.29 is 42.2 Å². The fourth-order valence-electron chi connectivity index (χ4n) is 2.03. The molecule has 1 radical (unpaired) electrons. The van der Waals surface area contributed by atoms with Crippen molar-refractivity contribution in [3.05, 3.63) is 6.42 Å². The number of hydrogen-bond donors (Lipinski definition) is 0. The van der Waals surface area contributed by atoms with Crippen LogP contribution in [0.15, 0.2) is 0 Å². The van der Waals surface area contributed by atoms with Crippen molar-refractivity contribution >= 4 is 6.09 Å². The van der Waals surface area contributed by atoms with Crippen molar-refractivity contribution in [3.8, 4) is 0 Å². The quantitative estimate of drug-likeness (QED) is 0.639. The molecule has 1 heterocycles. The first-order valence-electron chi connectivity index (χ1n) is 5.20. The number of nitrogens with zero attached hydrogens (tertiary/aromatic N) is 1. The van der Waals surface area contributed by atoms with Crippen LogP contribution in [0, 0.1) is 11.8 Å². The smallest absolute Gasteiger partial charge is 0.410 e. The number of ether oxygens (including phenoxy) is 1. The van der Waals surface area contributed by atoms with Crippen LogP contribution in [0.2, 0.25) is 0 Å². The standard InChI is InChI=1S/C11H18NO2.Y/c1-10(2,3)14-9(13)12-7-11(8-12)5-4-6-11;/h4H,5-8H2,1-3H3;/q-1;. The molecule has 3 nitrogen and oxygen atoms in total. The first-order chi connectivity index (χ1) is 6.40. The molecule has 1 saturated carbocycles. The zero-order valence-electron chi connectivity index (χ0n) is 9.75. The van der Waals surface area contributed by atoms with Crippen molar-refractivity contribution in [2.24, 2.45) is 5.41 Å². The Morgan fingerprint density at radius 3 is 2.20 bits per heavy atom. The molecule has 0 unspecified atom stereocenters. The van der Waals surface area contributed by atoms with E-state index < -0.39 is 0 Å². The van der Waals surface area contributed by atoms with Crippen LogP contribution < -0.4 is 0 Å². The van der Waals surface area contributed by atoms with Crippen LogP contribution >= 0.6 is 0 Å². The molecule has 1 spiro atoms. The van der Waals surface area contributed by atoms with Crippen LogP contribution in [0.3, 0.4) is 0 Å². The van der Waals surface area contributed by atoms with Gasteiger partial charge in [-0.1, -0.05) is 0 Å². The molecular weight excluding hydrogens is 267 g/mol. The Balaban J connectivity index is 0.00000112. The van der Waals surface area contributed by atoms with E-state index >= 15 is 0 Å². The summed E-state index contributed by atoms with van der Waals surface area (Å²) in [5, 5.41) is 0. The van der Waals surface area contributed by atoms with Crippen LogP contribution in [-0.4, -0.2) is 29.7 Å². The molecule has 0 N–H and O–H groups in total. The number of hydrogen-bond acceptors (Lipinski definition) is 2. The van der Waals surface area contributed by atoms with Gasteiger partial charge >= 0.3 is 6.09 Å². The minimum Gasteiger partial charge on any atom is -0.444 e. The molecule has 2 rings (SSSR count). The van der Waals surface area contributed by atoms with E-state index in [1.54, 1.807) is 4.90 Å². The van der Waals surface area contributed by atoms with Gasteiger partial charge in [-0.3, -0.25) is 0 Å².